The molecule has 1 fully saturated rings. The molecule has 0 radical (unpaired) electrons. The van der Waals surface area contributed by atoms with Gasteiger partial charge in [0.15, 0.2) is 0 Å². The van der Waals surface area contributed by atoms with Gasteiger partial charge in [-0.25, -0.2) is 0 Å². The number of hydrogen-bond donors (Lipinski definition) is 2. The molecular weight excluding hydrogens is 207 g/mol. The number of halogens is 3. The van der Waals surface area contributed by atoms with E-state index in [2.05, 4.69) is 10.2 Å². The van der Waals surface area contributed by atoms with Gasteiger partial charge in [-0.1, -0.05) is 6.92 Å². The maximum absolute atomic E-state index is 12.8. The van der Waals surface area contributed by atoms with Crippen molar-refractivity contribution in [3.63, 3.8) is 0 Å². The maximum atomic E-state index is 12.8. The van der Waals surface area contributed by atoms with Gasteiger partial charge in [0.05, 0.1) is 5.69 Å². The zero-order chi connectivity index (χ0) is 11.3. The molecule has 0 bridgehead atoms. The van der Waals surface area contributed by atoms with Gasteiger partial charge in [0.2, 0.25) is 0 Å². The van der Waals surface area contributed by atoms with Gasteiger partial charge in [0.1, 0.15) is 11.2 Å². The highest BCUT2D eigenvalue weighted by Gasteiger charge is 2.66. The Morgan fingerprint density at radius 3 is 2.47 bits per heavy atom. The Morgan fingerprint density at radius 1 is 1.47 bits per heavy atom. The van der Waals surface area contributed by atoms with E-state index in [9.17, 15) is 13.2 Å². The van der Waals surface area contributed by atoms with Crippen molar-refractivity contribution in [3.05, 3.63) is 11.3 Å². The summed E-state index contributed by atoms with van der Waals surface area (Å²) >= 11 is 0. The Bertz CT molecular complexity index is 376. The number of rotatable bonds is 2. The van der Waals surface area contributed by atoms with Crippen LogP contribution in [0.1, 0.15) is 31.0 Å². The van der Waals surface area contributed by atoms with E-state index in [1.807, 2.05) is 0 Å². The average Bonchev–Trinajstić information content (AvgIpc) is 2.85. The second-order valence-corrected chi connectivity index (χ2v) is 3.90. The van der Waals surface area contributed by atoms with Crippen molar-refractivity contribution in [2.45, 2.75) is 37.8 Å². The smallest absolute Gasteiger partial charge is 0.382 e. The first-order chi connectivity index (χ1) is 6.92. The number of H-pyrrole nitrogens is 1. The molecule has 0 aromatic carbocycles. The lowest BCUT2D eigenvalue weighted by molar-refractivity contribution is -0.161. The molecule has 1 aliphatic carbocycles. The van der Waals surface area contributed by atoms with E-state index in [-0.39, 0.29) is 24.4 Å². The number of hydrogen-bond acceptors (Lipinski definition) is 2. The third kappa shape index (κ3) is 1.31. The van der Waals surface area contributed by atoms with Crippen LogP contribution >= 0.6 is 0 Å². The highest BCUT2D eigenvalue weighted by Crippen LogP contribution is 2.59. The van der Waals surface area contributed by atoms with Crippen molar-refractivity contribution < 1.29 is 13.2 Å². The lowest BCUT2D eigenvalue weighted by atomic mass is 9.96. The van der Waals surface area contributed by atoms with E-state index in [0.717, 1.165) is 0 Å². The number of aromatic nitrogens is 2. The van der Waals surface area contributed by atoms with E-state index in [1.165, 1.54) is 0 Å². The Balaban J connectivity index is 2.46. The van der Waals surface area contributed by atoms with Crippen molar-refractivity contribution in [1.29, 1.82) is 0 Å². The highest BCUT2D eigenvalue weighted by atomic mass is 19.4. The quantitative estimate of drug-likeness (QED) is 0.800. The van der Waals surface area contributed by atoms with Gasteiger partial charge in [-0.3, -0.25) is 5.10 Å². The van der Waals surface area contributed by atoms with Crippen LogP contribution in [0.5, 0.6) is 0 Å². The summed E-state index contributed by atoms with van der Waals surface area (Å²) in [5.41, 5.74) is 4.47. The first-order valence-electron chi connectivity index (χ1n) is 4.82. The third-order valence-corrected chi connectivity index (χ3v) is 3.02. The number of alkyl halides is 3. The lowest BCUT2D eigenvalue weighted by Crippen LogP contribution is -2.30. The third-order valence-electron chi connectivity index (χ3n) is 3.02. The molecule has 2 rings (SSSR count). The summed E-state index contributed by atoms with van der Waals surface area (Å²) in [7, 11) is 0. The molecule has 0 unspecified atom stereocenters. The average molecular weight is 219 g/mol. The van der Waals surface area contributed by atoms with Gasteiger partial charge in [0, 0.05) is 5.56 Å². The first kappa shape index (κ1) is 10.3. The molecule has 1 heterocycles. The van der Waals surface area contributed by atoms with Crippen molar-refractivity contribution in [2.75, 3.05) is 5.73 Å². The van der Waals surface area contributed by atoms with Crippen LogP contribution in [0, 0.1) is 0 Å². The molecule has 1 aromatic rings. The molecule has 0 spiro atoms. The molecule has 0 amide bonds. The van der Waals surface area contributed by atoms with Gasteiger partial charge in [-0.15, -0.1) is 0 Å². The first-order valence-corrected chi connectivity index (χ1v) is 4.82. The predicted molar refractivity (Wildman–Crippen MR) is 49.3 cm³/mol. The molecule has 3 N–H and O–H groups in total. The van der Waals surface area contributed by atoms with Crippen molar-refractivity contribution in [3.8, 4) is 0 Å². The minimum absolute atomic E-state index is 0.130. The fraction of sp³-hybridized carbons (Fsp3) is 0.667. The Kier molecular flexibility index (Phi) is 1.99. The number of nitrogens with one attached hydrogen (secondary N) is 1. The second-order valence-electron chi connectivity index (χ2n) is 3.90. The molecule has 84 valence electrons. The minimum atomic E-state index is -4.21. The number of nitrogen functional groups attached to an aromatic ring is 1. The van der Waals surface area contributed by atoms with Crippen molar-refractivity contribution in [2.24, 2.45) is 0 Å². The maximum Gasteiger partial charge on any atom is 0.399 e. The molecule has 0 saturated heterocycles. The zero-order valence-corrected chi connectivity index (χ0v) is 8.28. The number of aromatic amines is 1. The molecule has 1 saturated carbocycles. The van der Waals surface area contributed by atoms with Crippen LogP contribution in [0.15, 0.2) is 0 Å². The Hall–Kier alpha value is -1.20. The van der Waals surface area contributed by atoms with E-state index in [4.69, 9.17) is 5.73 Å². The Labute approximate surface area is 84.8 Å². The summed E-state index contributed by atoms with van der Waals surface area (Å²) in [5, 5.41) is 6.10. The molecule has 6 heteroatoms. The van der Waals surface area contributed by atoms with E-state index >= 15 is 0 Å². The fourth-order valence-corrected chi connectivity index (χ4v) is 1.93. The Morgan fingerprint density at radius 2 is 2.07 bits per heavy atom. The SMILES string of the molecule is CCc1c(N)n[nH]c1C1(C(F)(F)F)CC1. The van der Waals surface area contributed by atoms with Crippen LogP contribution in [0.25, 0.3) is 0 Å². The zero-order valence-electron chi connectivity index (χ0n) is 8.28. The minimum Gasteiger partial charge on any atom is -0.382 e. The fourth-order valence-electron chi connectivity index (χ4n) is 1.93. The largest absolute Gasteiger partial charge is 0.399 e. The molecule has 1 aromatic heterocycles. The van der Waals surface area contributed by atoms with Crippen LogP contribution < -0.4 is 5.73 Å². The second kappa shape index (κ2) is 2.90. The molecule has 15 heavy (non-hydrogen) atoms. The van der Waals surface area contributed by atoms with Crippen LogP contribution in [-0.2, 0) is 11.8 Å². The van der Waals surface area contributed by atoms with Gasteiger partial charge >= 0.3 is 6.18 Å². The van der Waals surface area contributed by atoms with Crippen LogP contribution in [0.3, 0.4) is 0 Å². The molecule has 0 aliphatic heterocycles. The highest BCUT2D eigenvalue weighted by molar-refractivity contribution is 5.47. The van der Waals surface area contributed by atoms with Crippen LogP contribution in [0.2, 0.25) is 0 Å². The summed E-state index contributed by atoms with van der Waals surface area (Å²) in [4.78, 5) is 0. The molecule has 3 nitrogen and oxygen atoms in total. The number of nitrogens with two attached hydrogens (primary N) is 1. The van der Waals surface area contributed by atoms with Crippen molar-refractivity contribution in [1.82, 2.24) is 10.2 Å². The van der Waals surface area contributed by atoms with Crippen LogP contribution in [-0.4, -0.2) is 16.4 Å². The van der Waals surface area contributed by atoms with Gasteiger partial charge in [-0.2, -0.15) is 18.3 Å². The monoisotopic (exact) mass is 219 g/mol. The van der Waals surface area contributed by atoms with Crippen LogP contribution in [0.4, 0.5) is 19.0 Å². The molecule has 0 atom stereocenters. The summed E-state index contributed by atoms with van der Waals surface area (Å²) in [6.45, 7) is 1.77. The standard InChI is InChI=1S/C9H12F3N3/c1-2-5-6(14-15-7(5)13)8(3-4-8)9(10,11)12/h2-4H2,1H3,(H3,13,14,15). The lowest BCUT2D eigenvalue weighted by Gasteiger charge is -2.18. The van der Waals surface area contributed by atoms with E-state index in [0.29, 0.717) is 12.0 Å². The van der Waals surface area contributed by atoms with E-state index in [1.54, 1.807) is 6.92 Å². The summed E-state index contributed by atoms with van der Waals surface area (Å²) in [6.07, 6.45) is -3.48. The number of nitrogens with zero attached hydrogens (tertiary/aromatic N) is 1. The van der Waals surface area contributed by atoms with Gasteiger partial charge in [-0.05, 0) is 19.3 Å². The van der Waals surface area contributed by atoms with Gasteiger partial charge in [0.25, 0.3) is 0 Å². The predicted octanol–water partition coefficient (Wildman–Crippen LogP) is 2.15. The normalized spacial score (nSPS) is 19.2. The molecule has 1 aliphatic rings. The summed E-state index contributed by atoms with van der Waals surface area (Å²) in [6, 6.07) is 0. The van der Waals surface area contributed by atoms with Gasteiger partial charge < -0.3 is 5.73 Å². The summed E-state index contributed by atoms with van der Waals surface area (Å²) < 4.78 is 38.5. The number of anilines is 1. The molecular formula is C9H12F3N3. The topological polar surface area (TPSA) is 54.7 Å². The van der Waals surface area contributed by atoms with E-state index < -0.39 is 11.6 Å². The van der Waals surface area contributed by atoms with Crippen molar-refractivity contribution >= 4 is 5.82 Å². The summed E-state index contributed by atoms with van der Waals surface area (Å²) in [5.74, 6) is 0.183.